The molecule has 7 nitrogen and oxygen atoms in total. The fourth-order valence-corrected chi connectivity index (χ4v) is 5.02. The van der Waals surface area contributed by atoms with Gasteiger partial charge < -0.3 is 14.8 Å². The summed E-state index contributed by atoms with van der Waals surface area (Å²) < 4.78 is 39.0. The number of ether oxygens (including phenoxy) is 2. The summed E-state index contributed by atoms with van der Waals surface area (Å²) in [5, 5.41) is 2.80. The van der Waals surface area contributed by atoms with Gasteiger partial charge in [-0.3, -0.25) is 4.79 Å². The lowest BCUT2D eigenvalue weighted by atomic mass is 9.96. The minimum absolute atomic E-state index is 0.0408. The van der Waals surface area contributed by atoms with Crippen LogP contribution < -0.4 is 19.5 Å². The van der Waals surface area contributed by atoms with Crippen molar-refractivity contribution in [1.29, 1.82) is 0 Å². The number of hydrogen-bond acceptors (Lipinski definition) is 5. The van der Waals surface area contributed by atoms with E-state index in [0.29, 0.717) is 28.3 Å². The number of carbonyl (C=O) groups excluding carboxylic acids is 1. The Bertz CT molecular complexity index is 1030. The van der Waals surface area contributed by atoms with Crippen LogP contribution in [0.5, 0.6) is 11.5 Å². The van der Waals surface area contributed by atoms with Crippen LogP contribution in [-0.2, 0) is 10.0 Å². The van der Waals surface area contributed by atoms with E-state index in [9.17, 15) is 13.2 Å². The molecule has 1 heterocycles. The van der Waals surface area contributed by atoms with E-state index in [1.807, 2.05) is 0 Å². The summed E-state index contributed by atoms with van der Waals surface area (Å²) in [5.74, 6) is 0.810. The number of rotatable bonds is 5. The van der Waals surface area contributed by atoms with Crippen LogP contribution in [0.2, 0.25) is 0 Å². The zero-order valence-electron chi connectivity index (χ0n) is 16.2. The number of sulfonamides is 1. The highest BCUT2D eigenvalue weighted by Crippen LogP contribution is 2.34. The summed E-state index contributed by atoms with van der Waals surface area (Å²) in [6, 6.07) is 9.71. The van der Waals surface area contributed by atoms with E-state index in [0.717, 1.165) is 32.1 Å². The maximum atomic E-state index is 12.8. The number of amides is 1. The van der Waals surface area contributed by atoms with Crippen LogP contribution in [0.3, 0.4) is 0 Å². The summed E-state index contributed by atoms with van der Waals surface area (Å²) in [5.41, 5.74) is 1.56. The van der Waals surface area contributed by atoms with Crippen LogP contribution in [-0.4, -0.2) is 27.2 Å². The first kappa shape index (κ1) is 19.7. The molecule has 0 saturated heterocycles. The summed E-state index contributed by atoms with van der Waals surface area (Å²) in [7, 11) is -3.68. The Kier molecular flexibility index (Phi) is 5.47. The summed E-state index contributed by atoms with van der Waals surface area (Å²) >= 11 is 0. The Hall–Kier alpha value is -2.58. The van der Waals surface area contributed by atoms with Crippen molar-refractivity contribution in [3.63, 3.8) is 0 Å². The standard InChI is InChI=1S/C21H24N2O5S/c1-14-7-9-17(29(25,26)23-15-5-3-2-4-6-15)12-18(14)21(24)22-16-8-10-19-20(11-16)28-13-27-19/h7-12,15,23H,2-6,13H2,1H3,(H,22,24). The van der Waals surface area contributed by atoms with E-state index < -0.39 is 10.0 Å². The predicted molar refractivity (Wildman–Crippen MR) is 109 cm³/mol. The zero-order chi connectivity index (χ0) is 20.4. The molecule has 154 valence electrons. The van der Waals surface area contributed by atoms with Crippen molar-refractivity contribution in [2.24, 2.45) is 0 Å². The number of anilines is 1. The highest BCUT2D eigenvalue weighted by Gasteiger charge is 2.23. The monoisotopic (exact) mass is 416 g/mol. The predicted octanol–water partition coefficient (Wildman–Crippen LogP) is 3.59. The first-order valence-corrected chi connectivity index (χ1v) is 11.2. The smallest absolute Gasteiger partial charge is 0.255 e. The summed E-state index contributed by atoms with van der Waals surface area (Å²) in [6.07, 6.45) is 4.91. The third kappa shape index (κ3) is 4.38. The third-order valence-corrected chi connectivity index (χ3v) is 6.84. The molecule has 1 amide bonds. The molecule has 0 bridgehead atoms. The normalized spacial score (nSPS) is 16.6. The Labute approximate surface area is 170 Å². The zero-order valence-corrected chi connectivity index (χ0v) is 17.1. The van der Waals surface area contributed by atoms with Crippen LogP contribution in [0.4, 0.5) is 5.69 Å². The lowest BCUT2D eigenvalue weighted by Gasteiger charge is -2.22. The van der Waals surface area contributed by atoms with Crippen LogP contribution in [0.25, 0.3) is 0 Å². The molecule has 1 aliphatic carbocycles. The van der Waals surface area contributed by atoms with E-state index in [1.165, 1.54) is 12.1 Å². The largest absolute Gasteiger partial charge is 0.454 e. The topological polar surface area (TPSA) is 93.7 Å². The summed E-state index contributed by atoms with van der Waals surface area (Å²) in [4.78, 5) is 12.9. The quantitative estimate of drug-likeness (QED) is 0.777. The maximum Gasteiger partial charge on any atom is 0.255 e. The van der Waals surface area contributed by atoms with Crippen molar-refractivity contribution in [2.45, 2.75) is 50.0 Å². The van der Waals surface area contributed by atoms with Gasteiger partial charge in [0.2, 0.25) is 16.8 Å². The van der Waals surface area contributed by atoms with Gasteiger partial charge in [0.1, 0.15) is 0 Å². The molecule has 8 heteroatoms. The van der Waals surface area contributed by atoms with Crippen LogP contribution in [0.1, 0.15) is 48.0 Å². The minimum Gasteiger partial charge on any atom is -0.454 e. The van der Waals surface area contributed by atoms with Crippen molar-refractivity contribution in [3.8, 4) is 11.5 Å². The van der Waals surface area contributed by atoms with Gasteiger partial charge in [-0.1, -0.05) is 25.3 Å². The van der Waals surface area contributed by atoms with Gasteiger partial charge in [0, 0.05) is 23.4 Å². The molecule has 0 unspecified atom stereocenters. The van der Waals surface area contributed by atoms with Crippen molar-refractivity contribution in [3.05, 3.63) is 47.5 Å². The van der Waals surface area contributed by atoms with E-state index in [2.05, 4.69) is 10.0 Å². The molecule has 1 fully saturated rings. The van der Waals surface area contributed by atoms with Crippen molar-refractivity contribution in [2.75, 3.05) is 12.1 Å². The second kappa shape index (κ2) is 8.04. The van der Waals surface area contributed by atoms with Crippen molar-refractivity contribution < 1.29 is 22.7 Å². The highest BCUT2D eigenvalue weighted by molar-refractivity contribution is 7.89. The first-order valence-electron chi connectivity index (χ1n) is 9.76. The highest BCUT2D eigenvalue weighted by atomic mass is 32.2. The minimum atomic E-state index is -3.68. The molecule has 0 atom stereocenters. The van der Waals surface area contributed by atoms with Gasteiger partial charge >= 0.3 is 0 Å². The molecule has 29 heavy (non-hydrogen) atoms. The van der Waals surface area contributed by atoms with Gasteiger partial charge in [-0.2, -0.15) is 0 Å². The third-order valence-electron chi connectivity index (χ3n) is 5.32. The van der Waals surface area contributed by atoms with Gasteiger partial charge in [-0.05, 0) is 49.6 Å². The number of benzene rings is 2. The molecule has 2 aliphatic rings. The second-order valence-corrected chi connectivity index (χ2v) is 9.17. The molecule has 0 aromatic heterocycles. The van der Waals surface area contributed by atoms with Crippen molar-refractivity contribution in [1.82, 2.24) is 4.72 Å². The van der Waals surface area contributed by atoms with E-state index in [-0.39, 0.29) is 23.6 Å². The molecule has 2 N–H and O–H groups in total. The van der Waals surface area contributed by atoms with Gasteiger partial charge in [0.25, 0.3) is 5.91 Å². The lowest BCUT2D eigenvalue weighted by Crippen LogP contribution is -2.36. The van der Waals surface area contributed by atoms with Gasteiger partial charge in [0.05, 0.1) is 4.90 Å². The SMILES string of the molecule is Cc1ccc(S(=O)(=O)NC2CCCCC2)cc1C(=O)Nc1ccc2c(c1)OCO2. The average Bonchev–Trinajstić information content (AvgIpc) is 3.16. The van der Waals surface area contributed by atoms with E-state index >= 15 is 0 Å². The molecule has 2 aromatic carbocycles. The first-order chi connectivity index (χ1) is 13.9. The molecular weight excluding hydrogens is 392 g/mol. The lowest BCUT2D eigenvalue weighted by molar-refractivity contribution is 0.102. The number of carbonyl (C=O) groups is 1. The number of nitrogens with one attached hydrogen (secondary N) is 2. The van der Waals surface area contributed by atoms with Gasteiger partial charge in [-0.15, -0.1) is 0 Å². The Morgan fingerprint density at radius 1 is 1.00 bits per heavy atom. The van der Waals surface area contributed by atoms with Crippen LogP contribution in [0.15, 0.2) is 41.3 Å². The second-order valence-electron chi connectivity index (χ2n) is 7.46. The molecule has 0 radical (unpaired) electrons. The molecule has 1 aliphatic heterocycles. The maximum absolute atomic E-state index is 12.8. The number of hydrogen-bond donors (Lipinski definition) is 2. The molecule has 0 spiro atoms. The fraction of sp³-hybridized carbons (Fsp3) is 0.381. The number of aryl methyl sites for hydroxylation is 1. The molecule has 4 rings (SSSR count). The van der Waals surface area contributed by atoms with E-state index in [1.54, 1.807) is 31.2 Å². The molecule has 1 saturated carbocycles. The van der Waals surface area contributed by atoms with Gasteiger partial charge in [0.15, 0.2) is 11.5 Å². The molecular formula is C21H24N2O5S. The summed E-state index contributed by atoms with van der Waals surface area (Å²) in [6.45, 7) is 1.93. The fourth-order valence-electron chi connectivity index (χ4n) is 3.69. The molecule has 2 aromatic rings. The van der Waals surface area contributed by atoms with Crippen molar-refractivity contribution >= 4 is 21.6 Å². The van der Waals surface area contributed by atoms with E-state index in [4.69, 9.17) is 9.47 Å². The van der Waals surface area contributed by atoms with Gasteiger partial charge in [-0.25, -0.2) is 13.1 Å². The van der Waals surface area contributed by atoms with Crippen LogP contribution >= 0.6 is 0 Å². The van der Waals surface area contributed by atoms with Crippen LogP contribution in [0, 0.1) is 6.92 Å². The Morgan fingerprint density at radius 3 is 2.55 bits per heavy atom. The average molecular weight is 416 g/mol. The Balaban J connectivity index is 1.53. The Morgan fingerprint density at radius 2 is 1.76 bits per heavy atom. The number of fused-ring (bicyclic) bond motifs is 1.